The average Bonchev–Trinajstić information content (AvgIpc) is 2.39. The lowest BCUT2D eigenvalue weighted by Gasteiger charge is -2.33. The second-order valence-corrected chi connectivity index (χ2v) is 4.58. The summed E-state index contributed by atoms with van der Waals surface area (Å²) in [5.74, 6) is -0.235. The molecule has 1 fully saturated rings. The summed E-state index contributed by atoms with van der Waals surface area (Å²) >= 11 is 0. The summed E-state index contributed by atoms with van der Waals surface area (Å²) in [6.07, 6.45) is 3.14. The fraction of sp³-hybridized carbons (Fsp3) is 0.833. The molecule has 1 heterocycles. The van der Waals surface area contributed by atoms with Crippen molar-refractivity contribution in [1.29, 1.82) is 0 Å². The van der Waals surface area contributed by atoms with E-state index < -0.39 is 6.03 Å². The van der Waals surface area contributed by atoms with Gasteiger partial charge in [0.05, 0.1) is 6.54 Å². The van der Waals surface area contributed by atoms with Crippen LogP contribution in [0.3, 0.4) is 0 Å². The predicted molar refractivity (Wildman–Crippen MR) is 70.4 cm³/mol. The molecule has 0 saturated carbocycles. The number of nitrogens with one attached hydrogen (secondary N) is 3. The Labute approximate surface area is 108 Å². The van der Waals surface area contributed by atoms with E-state index in [1.165, 1.54) is 7.05 Å². The standard InChI is InChI=1S/C12H24N4O2/c1-3-8-16(10-4-6-14-7-5-10)9-11(17)15-12(18)13-2/h10,14H,3-9H2,1-2H3,(H2,13,15,17,18). The molecule has 104 valence electrons. The number of carbonyl (C=O) groups excluding carboxylic acids is 2. The second kappa shape index (κ2) is 8.05. The van der Waals surface area contributed by atoms with Gasteiger partial charge in [-0.15, -0.1) is 0 Å². The van der Waals surface area contributed by atoms with Gasteiger partial charge in [-0.25, -0.2) is 4.79 Å². The molecule has 6 nitrogen and oxygen atoms in total. The van der Waals surface area contributed by atoms with Crippen LogP contribution in [0.1, 0.15) is 26.2 Å². The molecule has 1 aliphatic heterocycles. The number of amides is 3. The molecule has 0 aromatic heterocycles. The van der Waals surface area contributed by atoms with E-state index in [0.29, 0.717) is 12.6 Å². The Kier molecular flexibility index (Phi) is 6.67. The van der Waals surface area contributed by atoms with Crippen molar-refractivity contribution in [2.45, 2.75) is 32.2 Å². The predicted octanol–water partition coefficient (Wildman–Crippen LogP) is -0.0940. The molecular weight excluding hydrogens is 232 g/mol. The largest absolute Gasteiger partial charge is 0.341 e. The van der Waals surface area contributed by atoms with Gasteiger partial charge in [-0.3, -0.25) is 15.0 Å². The Balaban J connectivity index is 2.45. The van der Waals surface area contributed by atoms with Crippen LogP contribution in [0.5, 0.6) is 0 Å². The number of carbonyl (C=O) groups is 2. The highest BCUT2D eigenvalue weighted by Gasteiger charge is 2.22. The van der Waals surface area contributed by atoms with E-state index >= 15 is 0 Å². The fourth-order valence-electron chi connectivity index (χ4n) is 2.26. The summed E-state index contributed by atoms with van der Waals surface area (Å²) < 4.78 is 0. The first-order valence-electron chi connectivity index (χ1n) is 6.63. The Morgan fingerprint density at radius 1 is 1.33 bits per heavy atom. The zero-order chi connectivity index (χ0) is 13.4. The van der Waals surface area contributed by atoms with Crippen molar-refractivity contribution in [2.24, 2.45) is 0 Å². The molecule has 0 aromatic rings. The molecule has 1 saturated heterocycles. The van der Waals surface area contributed by atoms with E-state index in [1.807, 2.05) is 0 Å². The second-order valence-electron chi connectivity index (χ2n) is 4.58. The van der Waals surface area contributed by atoms with Gasteiger partial charge in [0.2, 0.25) is 5.91 Å². The molecule has 0 spiro atoms. The molecule has 1 rings (SSSR count). The summed E-state index contributed by atoms with van der Waals surface area (Å²) in [4.78, 5) is 25.0. The molecule has 18 heavy (non-hydrogen) atoms. The first-order chi connectivity index (χ1) is 8.67. The van der Waals surface area contributed by atoms with E-state index in [4.69, 9.17) is 0 Å². The Bertz CT molecular complexity index is 277. The van der Waals surface area contributed by atoms with Crippen molar-refractivity contribution in [2.75, 3.05) is 33.2 Å². The van der Waals surface area contributed by atoms with Crippen LogP contribution in [0, 0.1) is 0 Å². The first kappa shape index (κ1) is 14.9. The van der Waals surface area contributed by atoms with Crippen molar-refractivity contribution in [1.82, 2.24) is 20.9 Å². The van der Waals surface area contributed by atoms with Crippen molar-refractivity contribution in [3.63, 3.8) is 0 Å². The average molecular weight is 256 g/mol. The minimum absolute atomic E-state index is 0.235. The van der Waals surface area contributed by atoms with Gasteiger partial charge in [0, 0.05) is 13.1 Å². The zero-order valence-electron chi connectivity index (χ0n) is 11.3. The summed E-state index contributed by atoms with van der Waals surface area (Å²) in [5, 5.41) is 8.01. The quantitative estimate of drug-likeness (QED) is 0.642. The van der Waals surface area contributed by atoms with Gasteiger partial charge in [-0.2, -0.15) is 0 Å². The van der Waals surface area contributed by atoms with Gasteiger partial charge in [-0.05, 0) is 38.9 Å². The van der Waals surface area contributed by atoms with Crippen molar-refractivity contribution in [3.05, 3.63) is 0 Å². The van der Waals surface area contributed by atoms with Crippen LogP contribution >= 0.6 is 0 Å². The number of nitrogens with zero attached hydrogens (tertiary/aromatic N) is 1. The Morgan fingerprint density at radius 2 is 2.00 bits per heavy atom. The summed E-state index contributed by atoms with van der Waals surface area (Å²) in [6, 6.07) is 0.00315. The summed E-state index contributed by atoms with van der Waals surface area (Å²) in [6.45, 7) is 5.30. The van der Waals surface area contributed by atoms with Gasteiger partial charge in [0.15, 0.2) is 0 Å². The lowest BCUT2D eigenvalue weighted by Crippen LogP contribution is -2.49. The van der Waals surface area contributed by atoms with Crippen LogP contribution in [0.25, 0.3) is 0 Å². The third-order valence-electron chi connectivity index (χ3n) is 3.16. The third-order valence-corrected chi connectivity index (χ3v) is 3.16. The minimum Gasteiger partial charge on any atom is -0.341 e. The van der Waals surface area contributed by atoms with Crippen molar-refractivity contribution in [3.8, 4) is 0 Å². The van der Waals surface area contributed by atoms with Gasteiger partial charge < -0.3 is 10.6 Å². The number of imide groups is 1. The fourth-order valence-corrected chi connectivity index (χ4v) is 2.26. The smallest absolute Gasteiger partial charge is 0.321 e. The number of hydrogen-bond donors (Lipinski definition) is 3. The molecule has 0 aliphatic carbocycles. The first-order valence-corrected chi connectivity index (χ1v) is 6.63. The maximum atomic E-state index is 11.7. The Hall–Kier alpha value is -1.14. The molecule has 0 atom stereocenters. The normalized spacial score (nSPS) is 16.6. The highest BCUT2D eigenvalue weighted by atomic mass is 16.2. The monoisotopic (exact) mass is 256 g/mol. The van der Waals surface area contributed by atoms with Crippen LogP contribution in [0.4, 0.5) is 4.79 Å². The van der Waals surface area contributed by atoms with Crippen LogP contribution < -0.4 is 16.0 Å². The third kappa shape index (κ3) is 5.01. The van der Waals surface area contributed by atoms with E-state index in [-0.39, 0.29) is 5.91 Å². The van der Waals surface area contributed by atoms with Gasteiger partial charge in [0.1, 0.15) is 0 Å². The molecule has 3 N–H and O–H groups in total. The van der Waals surface area contributed by atoms with E-state index in [2.05, 4.69) is 27.8 Å². The molecule has 0 unspecified atom stereocenters. The lowest BCUT2D eigenvalue weighted by molar-refractivity contribution is -0.121. The molecule has 0 aromatic carbocycles. The molecular formula is C12H24N4O2. The molecule has 0 radical (unpaired) electrons. The molecule has 3 amide bonds. The molecule has 6 heteroatoms. The van der Waals surface area contributed by atoms with Crippen molar-refractivity contribution < 1.29 is 9.59 Å². The highest BCUT2D eigenvalue weighted by molar-refractivity contribution is 5.95. The highest BCUT2D eigenvalue weighted by Crippen LogP contribution is 2.11. The van der Waals surface area contributed by atoms with Gasteiger partial charge >= 0.3 is 6.03 Å². The SMILES string of the molecule is CCCN(CC(=O)NC(=O)NC)C1CCNCC1. The number of piperidine rings is 1. The van der Waals surface area contributed by atoms with Crippen LogP contribution in [0.2, 0.25) is 0 Å². The lowest BCUT2D eigenvalue weighted by atomic mass is 10.0. The minimum atomic E-state index is -0.443. The molecule has 1 aliphatic rings. The summed E-state index contributed by atoms with van der Waals surface area (Å²) in [7, 11) is 1.50. The van der Waals surface area contributed by atoms with E-state index in [1.54, 1.807) is 0 Å². The topological polar surface area (TPSA) is 73.5 Å². The van der Waals surface area contributed by atoms with Crippen LogP contribution in [0.15, 0.2) is 0 Å². The van der Waals surface area contributed by atoms with Gasteiger partial charge in [-0.1, -0.05) is 6.92 Å². The number of rotatable bonds is 5. The van der Waals surface area contributed by atoms with Crippen LogP contribution in [-0.2, 0) is 4.79 Å². The number of hydrogen-bond acceptors (Lipinski definition) is 4. The van der Waals surface area contributed by atoms with Gasteiger partial charge in [0.25, 0.3) is 0 Å². The molecule has 0 bridgehead atoms. The van der Waals surface area contributed by atoms with E-state index in [9.17, 15) is 9.59 Å². The van der Waals surface area contributed by atoms with Crippen LogP contribution in [-0.4, -0.2) is 56.1 Å². The summed E-state index contributed by atoms with van der Waals surface area (Å²) in [5.41, 5.74) is 0. The maximum Gasteiger partial charge on any atom is 0.321 e. The number of urea groups is 1. The van der Waals surface area contributed by atoms with Crippen molar-refractivity contribution >= 4 is 11.9 Å². The maximum absolute atomic E-state index is 11.7. The Morgan fingerprint density at radius 3 is 2.56 bits per heavy atom. The zero-order valence-corrected chi connectivity index (χ0v) is 11.3. The van der Waals surface area contributed by atoms with E-state index in [0.717, 1.165) is 38.9 Å².